The first kappa shape index (κ1) is 28.4. The van der Waals surface area contributed by atoms with Gasteiger partial charge in [-0.15, -0.1) is 0 Å². The Balaban J connectivity index is 2.00. The Kier molecular flexibility index (Phi) is 14.7. The highest BCUT2D eigenvalue weighted by atomic mass is 16.5. The molecule has 1 fully saturated rings. The zero-order chi connectivity index (χ0) is 24.4. The summed E-state index contributed by atoms with van der Waals surface area (Å²) < 4.78 is 11.3. The van der Waals surface area contributed by atoms with Gasteiger partial charge in [0.15, 0.2) is 0 Å². The SMILES string of the molecule is CCCCCCCCOC(=O)c1cccc(C2CCCCC2)c1C(=O)OCCCCCCCC. The van der Waals surface area contributed by atoms with E-state index in [2.05, 4.69) is 13.8 Å². The van der Waals surface area contributed by atoms with Crippen molar-refractivity contribution < 1.29 is 19.1 Å². The van der Waals surface area contributed by atoms with Gasteiger partial charge >= 0.3 is 11.9 Å². The first-order valence-corrected chi connectivity index (χ1v) is 14.2. The van der Waals surface area contributed by atoms with E-state index < -0.39 is 5.97 Å². The van der Waals surface area contributed by atoms with Crippen LogP contribution in [-0.2, 0) is 9.47 Å². The van der Waals surface area contributed by atoms with Crippen molar-refractivity contribution in [2.45, 2.75) is 129 Å². The molecule has 1 aliphatic rings. The molecule has 0 aliphatic heterocycles. The van der Waals surface area contributed by atoms with Gasteiger partial charge < -0.3 is 9.47 Å². The monoisotopic (exact) mass is 472 g/mol. The van der Waals surface area contributed by atoms with Gasteiger partial charge in [-0.3, -0.25) is 0 Å². The van der Waals surface area contributed by atoms with Gasteiger partial charge in [-0.05, 0) is 43.2 Å². The van der Waals surface area contributed by atoms with E-state index in [-0.39, 0.29) is 5.97 Å². The van der Waals surface area contributed by atoms with Crippen LogP contribution in [0.1, 0.15) is 155 Å². The van der Waals surface area contributed by atoms with E-state index in [1.54, 1.807) is 6.07 Å². The van der Waals surface area contributed by atoms with Crippen LogP contribution in [-0.4, -0.2) is 25.2 Å². The number of unbranched alkanes of at least 4 members (excludes halogenated alkanes) is 10. The fraction of sp³-hybridized carbons (Fsp3) is 0.733. The van der Waals surface area contributed by atoms with Gasteiger partial charge in [0.2, 0.25) is 0 Å². The Morgan fingerprint density at radius 1 is 0.706 bits per heavy atom. The number of carbonyl (C=O) groups excluding carboxylic acids is 2. The fourth-order valence-corrected chi connectivity index (χ4v) is 4.97. The number of hydrogen-bond acceptors (Lipinski definition) is 4. The Hall–Kier alpha value is -1.84. The van der Waals surface area contributed by atoms with E-state index in [1.165, 1.54) is 70.6 Å². The van der Waals surface area contributed by atoms with Crippen LogP contribution in [0.4, 0.5) is 0 Å². The smallest absolute Gasteiger partial charge is 0.339 e. The first-order chi connectivity index (χ1) is 16.7. The molecule has 4 heteroatoms. The molecule has 0 saturated heterocycles. The normalized spacial score (nSPS) is 14.2. The summed E-state index contributed by atoms with van der Waals surface area (Å²) in [5.74, 6) is -0.435. The molecule has 4 nitrogen and oxygen atoms in total. The highest BCUT2D eigenvalue weighted by Crippen LogP contribution is 2.36. The molecular weight excluding hydrogens is 424 g/mol. The molecule has 0 atom stereocenters. The van der Waals surface area contributed by atoms with Crippen molar-refractivity contribution in [2.24, 2.45) is 0 Å². The molecule has 0 unspecified atom stereocenters. The lowest BCUT2D eigenvalue weighted by Gasteiger charge is -2.25. The van der Waals surface area contributed by atoms with Crippen LogP contribution < -0.4 is 0 Å². The summed E-state index contributed by atoms with van der Waals surface area (Å²) in [6.07, 6.45) is 19.4. The summed E-state index contributed by atoms with van der Waals surface area (Å²) in [6, 6.07) is 5.65. The van der Waals surface area contributed by atoms with Gasteiger partial charge in [-0.1, -0.05) is 109 Å². The van der Waals surface area contributed by atoms with Gasteiger partial charge in [0, 0.05) is 0 Å². The lowest BCUT2D eigenvalue weighted by molar-refractivity contribution is 0.0448. The molecular formula is C30H48O4. The summed E-state index contributed by atoms with van der Waals surface area (Å²) in [6.45, 7) is 5.24. The second-order valence-electron chi connectivity index (χ2n) is 9.91. The third kappa shape index (κ3) is 10.2. The van der Waals surface area contributed by atoms with E-state index in [4.69, 9.17) is 9.47 Å². The van der Waals surface area contributed by atoms with Crippen molar-refractivity contribution in [3.63, 3.8) is 0 Å². The van der Waals surface area contributed by atoms with Gasteiger partial charge in [0.05, 0.1) is 24.3 Å². The summed E-state index contributed by atoms with van der Waals surface area (Å²) in [5.41, 5.74) is 1.80. The van der Waals surface area contributed by atoms with Crippen molar-refractivity contribution in [2.75, 3.05) is 13.2 Å². The number of rotatable bonds is 17. The number of hydrogen-bond donors (Lipinski definition) is 0. The molecule has 0 heterocycles. The van der Waals surface area contributed by atoms with Crippen LogP contribution in [0.2, 0.25) is 0 Å². The first-order valence-electron chi connectivity index (χ1n) is 14.2. The minimum absolute atomic E-state index is 0.316. The molecule has 0 aromatic heterocycles. The molecule has 1 aromatic rings. The lowest BCUT2D eigenvalue weighted by Crippen LogP contribution is -2.19. The average molecular weight is 473 g/mol. The van der Waals surface area contributed by atoms with Crippen LogP contribution in [0.25, 0.3) is 0 Å². The predicted molar refractivity (Wildman–Crippen MR) is 140 cm³/mol. The van der Waals surface area contributed by atoms with Crippen molar-refractivity contribution in [3.8, 4) is 0 Å². The second-order valence-corrected chi connectivity index (χ2v) is 9.91. The van der Waals surface area contributed by atoms with Crippen molar-refractivity contribution in [1.82, 2.24) is 0 Å². The molecule has 0 amide bonds. The minimum Gasteiger partial charge on any atom is -0.462 e. The van der Waals surface area contributed by atoms with Crippen molar-refractivity contribution in [3.05, 3.63) is 34.9 Å². The van der Waals surface area contributed by atoms with Crippen LogP contribution in [0.5, 0.6) is 0 Å². The van der Waals surface area contributed by atoms with E-state index in [0.29, 0.717) is 30.3 Å². The molecule has 1 saturated carbocycles. The predicted octanol–water partition coefficient (Wildman–Crippen LogP) is 8.77. The lowest BCUT2D eigenvalue weighted by atomic mass is 9.81. The highest BCUT2D eigenvalue weighted by Gasteiger charge is 2.27. The van der Waals surface area contributed by atoms with Crippen LogP contribution in [0, 0.1) is 0 Å². The number of carbonyl (C=O) groups is 2. The third-order valence-corrected chi connectivity index (χ3v) is 7.03. The number of ether oxygens (including phenoxy) is 2. The Morgan fingerprint density at radius 3 is 1.82 bits per heavy atom. The minimum atomic E-state index is -0.391. The average Bonchev–Trinajstić information content (AvgIpc) is 2.87. The van der Waals surface area contributed by atoms with Gasteiger partial charge in [0.1, 0.15) is 0 Å². The fourth-order valence-electron chi connectivity index (χ4n) is 4.97. The Morgan fingerprint density at radius 2 is 1.24 bits per heavy atom. The van der Waals surface area contributed by atoms with Gasteiger partial charge in [-0.25, -0.2) is 9.59 Å². The molecule has 0 bridgehead atoms. The van der Waals surface area contributed by atoms with Crippen LogP contribution in [0.3, 0.4) is 0 Å². The maximum Gasteiger partial charge on any atom is 0.339 e. The number of benzene rings is 1. The Bertz CT molecular complexity index is 706. The van der Waals surface area contributed by atoms with Crippen molar-refractivity contribution in [1.29, 1.82) is 0 Å². The van der Waals surface area contributed by atoms with E-state index in [9.17, 15) is 9.59 Å². The quantitative estimate of drug-likeness (QED) is 0.168. The van der Waals surface area contributed by atoms with E-state index in [0.717, 1.165) is 44.1 Å². The molecule has 192 valence electrons. The molecule has 2 rings (SSSR count). The summed E-state index contributed by atoms with van der Waals surface area (Å²) in [5, 5.41) is 0. The van der Waals surface area contributed by atoms with Crippen molar-refractivity contribution >= 4 is 11.9 Å². The Labute approximate surface area is 208 Å². The second kappa shape index (κ2) is 17.6. The summed E-state index contributed by atoms with van der Waals surface area (Å²) in [4.78, 5) is 26.2. The summed E-state index contributed by atoms with van der Waals surface area (Å²) in [7, 11) is 0. The van der Waals surface area contributed by atoms with Gasteiger partial charge in [0.25, 0.3) is 0 Å². The third-order valence-electron chi connectivity index (χ3n) is 7.03. The largest absolute Gasteiger partial charge is 0.462 e. The van der Waals surface area contributed by atoms with Crippen LogP contribution >= 0.6 is 0 Å². The topological polar surface area (TPSA) is 52.6 Å². The van der Waals surface area contributed by atoms with E-state index in [1.807, 2.05) is 12.1 Å². The van der Waals surface area contributed by atoms with Gasteiger partial charge in [-0.2, -0.15) is 0 Å². The van der Waals surface area contributed by atoms with Crippen LogP contribution in [0.15, 0.2) is 18.2 Å². The summed E-state index contributed by atoms with van der Waals surface area (Å²) >= 11 is 0. The molecule has 0 spiro atoms. The molecule has 0 N–H and O–H groups in total. The zero-order valence-electron chi connectivity index (χ0n) is 21.9. The zero-order valence-corrected chi connectivity index (χ0v) is 21.9. The molecule has 34 heavy (non-hydrogen) atoms. The standard InChI is InChI=1S/C30H48O4/c1-3-5-7-9-11-16-23-33-29(31)27-22-18-21-26(25-19-14-13-15-20-25)28(27)30(32)34-24-17-12-10-8-6-4-2/h18,21-22,25H,3-17,19-20,23-24H2,1-2H3. The highest BCUT2D eigenvalue weighted by molar-refractivity contribution is 6.04. The maximum atomic E-state index is 13.2. The number of esters is 2. The van der Waals surface area contributed by atoms with E-state index >= 15 is 0 Å². The molecule has 1 aromatic carbocycles. The molecule has 1 aliphatic carbocycles. The maximum absolute atomic E-state index is 13.2. The molecule has 0 radical (unpaired) electrons.